The molecule has 0 saturated carbocycles. The zero-order chi connectivity index (χ0) is 4.99. The molecule has 0 amide bonds. The fourth-order valence-corrected chi connectivity index (χ4v) is 0.0945. The molecule has 0 fully saturated rings. The van der Waals surface area contributed by atoms with E-state index in [1.54, 1.807) is 0 Å². The average Bonchev–Trinajstić information content (AvgIpc) is 1.65. The van der Waals surface area contributed by atoms with Crippen LogP contribution in [0.5, 0.6) is 0 Å². The summed E-state index contributed by atoms with van der Waals surface area (Å²) in [6.07, 6.45) is 0.646. The summed E-state index contributed by atoms with van der Waals surface area (Å²) in [4.78, 5) is 9.55. The Balaban J connectivity index is 3.23. The maximum absolute atomic E-state index is 9.55. The van der Waals surface area contributed by atoms with Crippen LogP contribution in [-0.4, -0.2) is 12.2 Å². The molecule has 0 unspecified atom stereocenters. The van der Waals surface area contributed by atoms with Gasteiger partial charge in [-0.1, -0.05) is 6.58 Å². The summed E-state index contributed by atoms with van der Waals surface area (Å²) in [5, 5.41) is 0. The van der Waals surface area contributed by atoms with Crippen molar-refractivity contribution in [3.05, 3.63) is 12.2 Å². The maximum atomic E-state index is 9.55. The van der Waals surface area contributed by atoms with E-state index in [1.807, 2.05) is 0 Å². The van der Waals surface area contributed by atoms with Gasteiger partial charge in [0.05, 0.1) is 0 Å². The molecule has 0 saturated heterocycles. The predicted molar refractivity (Wildman–Crippen MR) is 25.9 cm³/mol. The van der Waals surface area contributed by atoms with Crippen LogP contribution in [0, 0.1) is 0 Å². The molecule has 0 rings (SSSR count). The van der Waals surface area contributed by atoms with Gasteiger partial charge in [-0.15, -0.1) is 11.6 Å². The van der Waals surface area contributed by atoms with Gasteiger partial charge in [0.2, 0.25) is 0 Å². The number of carbonyl (C=O) groups excluding carboxylic acids is 1. The van der Waals surface area contributed by atoms with Crippen LogP contribution in [0.4, 0.5) is 0 Å². The van der Waals surface area contributed by atoms with Crippen molar-refractivity contribution in [2.24, 2.45) is 0 Å². The average molecular weight is 105 g/mol. The van der Waals surface area contributed by atoms with Gasteiger partial charge in [-0.2, -0.15) is 0 Å². The lowest BCUT2D eigenvalue weighted by Gasteiger charge is -1.76. The van der Waals surface area contributed by atoms with Crippen LogP contribution in [0.15, 0.2) is 12.2 Å². The van der Waals surface area contributed by atoms with E-state index in [0.29, 0.717) is 11.9 Å². The van der Waals surface area contributed by atoms with Crippen molar-refractivity contribution in [1.82, 2.24) is 0 Å². The predicted octanol–water partition coefficient (Wildman–Crippen LogP) is 0.980. The van der Waals surface area contributed by atoms with Crippen molar-refractivity contribution < 1.29 is 4.79 Å². The third-order valence-electron chi connectivity index (χ3n) is 0.338. The molecule has 0 aromatic heterocycles. The van der Waals surface area contributed by atoms with E-state index in [2.05, 4.69) is 6.58 Å². The molecule has 0 aliphatic carbocycles. The molecule has 0 aromatic carbocycles. The second-order valence-corrected chi connectivity index (χ2v) is 1.18. The van der Waals surface area contributed by atoms with E-state index in [9.17, 15) is 4.79 Å². The lowest BCUT2D eigenvalue weighted by atomic mass is 10.4. The van der Waals surface area contributed by atoms with Gasteiger partial charge in [-0.3, -0.25) is 4.79 Å². The van der Waals surface area contributed by atoms with E-state index in [4.69, 9.17) is 11.6 Å². The molecule has 0 N–H and O–H groups in total. The molecule has 2 heteroatoms. The van der Waals surface area contributed by atoms with Gasteiger partial charge in [0, 0.05) is 5.88 Å². The molecular formula is C4H5ClO. The van der Waals surface area contributed by atoms with Crippen LogP contribution in [0.3, 0.4) is 0 Å². The summed E-state index contributed by atoms with van der Waals surface area (Å²) in [5.74, 6) is 0.240. The third kappa shape index (κ3) is 1.97. The van der Waals surface area contributed by atoms with Gasteiger partial charge < -0.3 is 0 Å². The van der Waals surface area contributed by atoms with E-state index in [1.165, 1.54) is 0 Å². The van der Waals surface area contributed by atoms with E-state index in [-0.39, 0.29) is 5.88 Å². The van der Waals surface area contributed by atoms with Crippen LogP contribution in [0.1, 0.15) is 0 Å². The zero-order valence-electron chi connectivity index (χ0n) is 3.28. The summed E-state index contributed by atoms with van der Waals surface area (Å²) in [7, 11) is 0. The van der Waals surface area contributed by atoms with Crippen molar-refractivity contribution in [2.45, 2.75) is 0 Å². The van der Waals surface area contributed by atoms with Crippen LogP contribution < -0.4 is 0 Å². The molecule has 0 spiro atoms. The van der Waals surface area contributed by atoms with Gasteiger partial charge >= 0.3 is 0 Å². The summed E-state index contributed by atoms with van der Waals surface area (Å²) in [6, 6.07) is 0. The van der Waals surface area contributed by atoms with Crippen molar-refractivity contribution in [3.8, 4) is 0 Å². The highest BCUT2D eigenvalue weighted by Gasteiger charge is 1.80. The molecule has 0 aliphatic rings. The minimum Gasteiger partial charge on any atom is -0.298 e. The molecule has 34 valence electrons. The Morgan fingerprint density at radius 3 is 2.50 bits per heavy atom. The van der Waals surface area contributed by atoms with Crippen molar-refractivity contribution >= 4 is 17.9 Å². The first-order valence-corrected chi connectivity index (χ1v) is 2.03. The standard InChI is InChI=1S/C4H5ClO/c1-4(2-5)3-6/h3H,1-2H2. The Kier molecular flexibility index (Phi) is 2.77. The largest absolute Gasteiger partial charge is 0.298 e. The zero-order valence-corrected chi connectivity index (χ0v) is 4.03. The first-order valence-electron chi connectivity index (χ1n) is 1.50. The number of carbonyl (C=O) groups is 1. The molecule has 0 radical (unpaired) electrons. The van der Waals surface area contributed by atoms with Crippen LogP contribution >= 0.6 is 11.6 Å². The summed E-state index contributed by atoms with van der Waals surface area (Å²) >= 11 is 5.12. The number of halogens is 1. The molecule has 0 bridgehead atoms. The lowest BCUT2D eigenvalue weighted by molar-refractivity contribution is -0.104. The maximum Gasteiger partial charge on any atom is 0.146 e. The molecule has 6 heavy (non-hydrogen) atoms. The number of hydrogen-bond donors (Lipinski definition) is 0. The highest BCUT2D eigenvalue weighted by Crippen LogP contribution is 1.84. The molecule has 0 aliphatic heterocycles. The summed E-state index contributed by atoms with van der Waals surface area (Å²) < 4.78 is 0. The van der Waals surface area contributed by atoms with E-state index in [0.717, 1.165) is 0 Å². The lowest BCUT2D eigenvalue weighted by Crippen LogP contribution is -1.78. The second kappa shape index (κ2) is 2.91. The number of hydrogen-bond acceptors (Lipinski definition) is 1. The minimum atomic E-state index is 0.240. The van der Waals surface area contributed by atoms with Crippen LogP contribution in [0.2, 0.25) is 0 Å². The number of rotatable bonds is 2. The summed E-state index contributed by atoms with van der Waals surface area (Å²) in [5.41, 5.74) is 0.427. The smallest absolute Gasteiger partial charge is 0.146 e. The number of alkyl halides is 1. The Morgan fingerprint density at radius 1 is 2.00 bits per heavy atom. The van der Waals surface area contributed by atoms with Crippen LogP contribution in [0.25, 0.3) is 0 Å². The quantitative estimate of drug-likeness (QED) is 0.290. The highest BCUT2D eigenvalue weighted by molar-refractivity contribution is 6.21. The van der Waals surface area contributed by atoms with Crippen molar-refractivity contribution in [3.63, 3.8) is 0 Å². The number of aldehydes is 1. The molecule has 0 atom stereocenters. The Hall–Kier alpha value is -0.300. The fourth-order valence-electron chi connectivity index (χ4n) is 0.0315. The van der Waals surface area contributed by atoms with Gasteiger partial charge in [0.15, 0.2) is 0 Å². The normalized spacial score (nSPS) is 7.50. The van der Waals surface area contributed by atoms with Crippen molar-refractivity contribution in [2.75, 3.05) is 5.88 Å². The summed E-state index contributed by atoms with van der Waals surface area (Å²) in [6.45, 7) is 3.29. The Labute approximate surface area is 41.6 Å². The topological polar surface area (TPSA) is 17.1 Å². The Bertz CT molecular complexity index is 67.9. The van der Waals surface area contributed by atoms with Crippen molar-refractivity contribution in [1.29, 1.82) is 0 Å². The highest BCUT2D eigenvalue weighted by atomic mass is 35.5. The number of allylic oxidation sites excluding steroid dienone is 1. The molecule has 1 nitrogen and oxygen atoms in total. The van der Waals surface area contributed by atoms with E-state index >= 15 is 0 Å². The van der Waals surface area contributed by atoms with Crippen LogP contribution in [-0.2, 0) is 4.79 Å². The SMILES string of the molecule is C=C(C=O)CCl. The van der Waals surface area contributed by atoms with Gasteiger partial charge in [0.25, 0.3) is 0 Å². The first kappa shape index (κ1) is 5.70. The Morgan fingerprint density at radius 2 is 2.50 bits per heavy atom. The fraction of sp³-hybridized carbons (Fsp3) is 0.250. The van der Waals surface area contributed by atoms with Gasteiger partial charge in [-0.05, 0) is 5.57 Å². The third-order valence-corrected chi connectivity index (χ3v) is 0.682. The van der Waals surface area contributed by atoms with E-state index < -0.39 is 0 Å². The van der Waals surface area contributed by atoms with Gasteiger partial charge in [-0.25, -0.2) is 0 Å². The first-order chi connectivity index (χ1) is 2.81. The molecular weight excluding hydrogens is 99.5 g/mol. The minimum absolute atomic E-state index is 0.240. The van der Waals surface area contributed by atoms with Gasteiger partial charge in [0.1, 0.15) is 6.29 Å². The second-order valence-electron chi connectivity index (χ2n) is 0.910. The molecule has 0 heterocycles. The monoisotopic (exact) mass is 104 g/mol. The molecule has 0 aromatic rings.